The molecule has 10 nitrogen and oxygen atoms in total. The number of amides is 2. The van der Waals surface area contributed by atoms with E-state index in [1.165, 1.54) is 6.08 Å². The topological polar surface area (TPSA) is 141 Å². The van der Waals surface area contributed by atoms with E-state index in [-0.39, 0.29) is 25.9 Å². The van der Waals surface area contributed by atoms with Crippen molar-refractivity contribution in [3.63, 3.8) is 0 Å². The lowest BCUT2D eigenvalue weighted by atomic mass is 10.0. The molecule has 3 aromatic carbocycles. The molecule has 0 radical (unpaired) electrons. The molecule has 4 rings (SSSR count). The van der Waals surface area contributed by atoms with Crippen LogP contribution in [0.5, 0.6) is 17.2 Å². The van der Waals surface area contributed by atoms with Crippen molar-refractivity contribution in [2.24, 2.45) is 0 Å². The number of carbonyl (C=O) groups is 2. The van der Waals surface area contributed by atoms with E-state index < -0.39 is 12.2 Å². The number of hydrogen-bond acceptors (Lipinski definition) is 8. The van der Waals surface area contributed by atoms with Crippen molar-refractivity contribution < 1.29 is 33.6 Å². The molecule has 0 aromatic heterocycles. The molecule has 1 aliphatic heterocycles. The molecule has 5 N–H and O–H groups in total. The van der Waals surface area contributed by atoms with Crippen LogP contribution in [0.15, 0.2) is 78.9 Å². The number of unbranched alkanes of at least 4 members (excludes halogenated alkanes) is 1. The van der Waals surface area contributed by atoms with Crippen molar-refractivity contribution in [1.29, 1.82) is 0 Å². The maximum atomic E-state index is 12.7. The van der Waals surface area contributed by atoms with Gasteiger partial charge < -0.3 is 35.1 Å². The van der Waals surface area contributed by atoms with Gasteiger partial charge in [-0.1, -0.05) is 30.3 Å². The molecule has 1 aliphatic rings. The van der Waals surface area contributed by atoms with Crippen LogP contribution in [0, 0.1) is 0 Å². The molecule has 0 unspecified atom stereocenters. The van der Waals surface area contributed by atoms with Crippen molar-refractivity contribution in [3.8, 4) is 17.2 Å². The van der Waals surface area contributed by atoms with Crippen LogP contribution in [0.25, 0.3) is 0 Å². The van der Waals surface area contributed by atoms with Crippen LogP contribution in [0.1, 0.15) is 30.9 Å². The molecule has 0 bridgehead atoms. The van der Waals surface area contributed by atoms with Gasteiger partial charge >= 0.3 is 6.09 Å². The lowest BCUT2D eigenvalue weighted by Crippen LogP contribution is -2.17. The monoisotopic (exact) mass is 533 g/mol. The molecular formula is C29H31N3O7. The third-order valence-electron chi connectivity index (χ3n) is 5.81. The van der Waals surface area contributed by atoms with Crippen LogP contribution in [-0.4, -0.2) is 37.1 Å². The van der Waals surface area contributed by atoms with Crippen molar-refractivity contribution >= 4 is 29.1 Å². The average Bonchev–Trinajstić information content (AvgIpc) is 3.41. The normalized spacial score (nSPS) is 12.6. The number of rotatable bonds is 12. The molecule has 0 spiro atoms. The number of allylic oxidation sites excluding steroid dienone is 1. The highest BCUT2D eigenvalue weighted by molar-refractivity contribution is 6.01. The number of nitrogens with two attached hydrogens (primary N) is 1. The minimum atomic E-state index is -0.616. The predicted molar refractivity (Wildman–Crippen MR) is 147 cm³/mol. The minimum absolute atomic E-state index is 0.0855. The van der Waals surface area contributed by atoms with Gasteiger partial charge in [0.1, 0.15) is 18.5 Å². The predicted octanol–water partition coefficient (Wildman–Crippen LogP) is 5.02. The Morgan fingerprint density at radius 2 is 1.82 bits per heavy atom. The second-order valence-corrected chi connectivity index (χ2v) is 8.64. The zero-order valence-electron chi connectivity index (χ0n) is 21.3. The first-order valence-corrected chi connectivity index (χ1v) is 12.5. The van der Waals surface area contributed by atoms with E-state index in [1.54, 1.807) is 60.7 Å². The highest BCUT2D eigenvalue weighted by Crippen LogP contribution is 2.34. The van der Waals surface area contributed by atoms with Crippen LogP contribution >= 0.6 is 0 Å². The largest absolute Gasteiger partial charge is 0.491 e. The molecule has 10 heteroatoms. The van der Waals surface area contributed by atoms with E-state index in [0.29, 0.717) is 53.6 Å². The van der Waals surface area contributed by atoms with Gasteiger partial charge in [0.2, 0.25) is 12.7 Å². The molecule has 1 atom stereocenters. The number of nitrogens with one attached hydrogen (secondary N) is 2. The summed E-state index contributed by atoms with van der Waals surface area (Å²) >= 11 is 0. The number of hydrogen-bond donors (Lipinski definition) is 4. The van der Waals surface area contributed by atoms with Gasteiger partial charge in [-0.05, 0) is 67.3 Å². The first kappa shape index (κ1) is 27.3. The summed E-state index contributed by atoms with van der Waals surface area (Å²) < 4.78 is 21.9. The minimum Gasteiger partial charge on any atom is -0.491 e. The van der Waals surface area contributed by atoms with Crippen molar-refractivity contribution in [3.05, 3.63) is 84.4 Å². The summed E-state index contributed by atoms with van der Waals surface area (Å²) in [6.07, 6.45) is 3.84. The summed E-state index contributed by atoms with van der Waals surface area (Å²) in [4.78, 5) is 25.0. The van der Waals surface area contributed by atoms with E-state index >= 15 is 0 Å². The third kappa shape index (κ3) is 8.14. The quantitative estimate of drug-likeness (QED) is 0.144. The summed E-state index contributed by atoms with van der Waals surface area (Å²) in [5, 5.41) is 14.4. The molecule has 0 saturated heterocycles. The maximum absolute atomic E-state index is 12.7. The number of nitrogen functional groups attached to an aromatic ring is 1. The van der Waals surface area contributed by atoms with Gasteiger partial charge in [0.05, 0.1) is 18.0 Å². The fourth-order valence-electron chi connectivity index (χ4n) is 3.88. The van der Waals surface area contributed by atoms with Crippen molar-refractivity contribution in [2.45, 2.75) is 25.4 Å². The Labute approximate surface area is 226 Å². The van der Waals surface area contributed by atoms with Gasteiger partial charge in [0.15, 0.2) is 11.5 Å². The zero-order valence-corrected chi connectivity index (χ0v) is 21.3. The van der Waals surface area contributed by atoms with Gasteiger partial charge in [-0.25, -0.2) is 4.79 Å². The summed E-state index contributed by atoms with van der Waals surface area (Å²) in [7, 11) is 0. The fraction of sp³-hybridized carbons (Fsp3) is 0.241. The van der Waals surface area contributed by atoms with Crippen molar-refractivity contribution in [2.75, 3.05) is 36.4 Å². The number of aliphatic hydroxyl groups excluding tert-OH is 1. The second-order valence-electron chi connectivity index (χ2n) is 8.64. The Morgan fingerprint density at radius 3 is 2.62 bits per heavy atom. The zero-order chi connectivity index (χ0) is 27.5. The summed E-state index contributed by atoms with van der Waals surface area (Å²) in [5.41, 5.74) is 8.21. The van der Waals surface area contributed by atoms with Crippen LogP contribution in [-0.2, 0) is 9.53 Å². The van der Waals surface area contributed by atoms with E-state index in [1.807, 2.05) is 12.1 Å². The molecule has 1 heterocycles. The summed E-state index contributed by atoms with van der Waals surface area (Å²) in [6, 6.07) is 19.3. The molecular weight excluding hydrogens is 502 g/mol. The number of benzene rings is 3. The lowest BCUT2D eigenvalue weighted by Gasteiger charge is -2.19. The molecule has 3 aromatic rings. The standard InChI is InChI=1S/C29H31N3O7/c30-23-6-4-5-7-24(23)32-28(34)9-3-1-2-8-25(20-10-13-22(14-11-20)36-17-16-33)39-29(35)31-21-12-15-26-27(18-21)38-19-37-26/h3-7,9-15,18,25,33H,1-2,8,16-17,19,30H2,(H,31,35)(H,32,34)/b9-3+/t25-/m0/s1. The Morgan fingerprint density at radius 1 is 1.03 bits per heavy atom. The van der Waals surface area contributed by atoms with Crippen LogP contribution in [0.2, 0.25) is 0 Å². The maximum Gasteiger partial charge on any atom is 0.412 e. The second kappa shape index (κ2) is 13.7. The molecule has 2 amide bonds. The summed E-state index contributed by atoms with van der Waals surface area (Å²) in [5.74, 6) is 1.49. The highest BCUT2D eigenvalue weighted by atomic mass is 16.7. The van der Waals surface area contributed by atoms with E-state index in [0.717, 1.165) is 5.56 Å². The Kier molecular flexibility index (Phi) is 9.63. The molecule has 39 heavy (non-hydrogen) atoms. The Bertz CT molecular complexity index is 1290. The first-order chi connectivity index (χ1) is 19.0. The number of carbonyl (C=O) groups excluding carboxylic acids is 2. The smallest absolute Gasteiger partial charge is 0.412 e. The van der Waals surface area contributed by atoms with Crippen molar-refractivity contribution in [1.82, 2.24) is 0 Å². The van der Waals surface area contributed by atoms with Gasteiger partial charge in [-0.3, -0.25) is 10.1 Å². The van der Waals surface area contributed by atoms with Gasteiger partial charge in [-0.15, -0.1) is 0 Å². The van der Waals surface area contributed by atoms with E-state index in [2.05, 4.69) is 10.6 Å². The molecule has 204 valence electrons. The number of anilines is 3. The molecule has 0 saturated carbocycles. The van der Waals surface area contributed by atoms with Crippen LogP contribution < -0.4 is 30.6 Å². The molecule has 0 aliphatic carbocycles. The Hall–Kier alpha value is -4.70. The average molecular weight is 534 g/mol. The fourth-order valence-corrected chi connectivity index (χ4v) is 3.88. The van der Waals surface area contributed by atoms with Crippen LogP contribution in [0.3, 0.4) is 0 Å². The van der Waals surface area contributed by atoms with Gasteiger partial charge in [0, 0.05) is 11.8 Å². The van der Waals surface area contributed by atoms with E-state index in [9.17, 15) is 9.59 Å². The number of para-hydroxylation sites is 2. The summed E-state index contributed by atoms with van der Waals surface area (Å²) in [6.45, 7) is 0.242. The lowest BCUT2D eigenvalue weighted by molar-refractivity contribution is -0.111. The molecule has 0 fully saturated rings. The SMILES string of the molecule is Nc1ccccc1NC(=O)/C=C/CCC[C@H](OC(=O)Nc1ccc2c(c1)OCO2)c1ccc(OCCO)cc1. The van der Waals surface area contributed by atoms with Crippen LogP contribution in [0.4, 0.5) is 21.9 Å². The van der Waals surface area contributed by atoms with Gasteiger partial charge in [0.25, 0.3) is 0 Å². The Balaban J connectivity index is 1.34. The van der Waals surface area contributed by atoms with E-state index in [4.69, 9.17) is 29.8 Å². The number of ether oxygens (including phenoxy) is 4. The number of aliphatic hydroxyl groups is 1. The third-order valence-corrected chi connectivity index (χ3v) is 5.81. The highest BCUT2D eigenvalue weighted by Gasteiger charge is 2.19. The number of fused-ring (bicyclic) bond motifs is 1. The van der Waals surface area contributed by atoms with Gasteiger partial charge in [-0.2, -0.15) is 0 Å². The first-order valence-electron chi connectivity index (χ1n) is 12.5.